The summed E-state index contributed by atoms with van der Waals surface area (Å²) >= 11 is 0. The predicted molar refractivity (Wildman–Crippen MR) is 121 cm³/mol. The maximum Gasteiger partial charge on any atom is 0.429 e. The number of alkyl halides is 2. The van der Waals surface area contributed by atoms with Gasteiger partial charge < -0.3 is 18.9 Å². The molecule has 3 aromatic rings. The molecular weight excluding hydrogens is 502 g/mol. The predicted octanol–water partition coefficient (Wildman–Crippen LogP) is 7.19. The van der Waals surface area contributed by atoms with Crippen LogP contribution < -0.4 is 9.47 Å². The summed E-state index contributed by atoms with van der Waals surface area (Å²) in [6, 6.07) is 8.68. The van der Waals surface area contributed by atoms with E-state index >= 15 is 0 Å². The summed E-state index contributed by atoms with van der Waals surface area (Å²) in [7, 11) is 0. The maximum atomic E-state index is 14.7. The zero-order chi connectivity index (χ0) is 26.6. The van der Waals surface area contributed by atoms with Crippen molar-refractivity contribution in [1.82, 2.24) is 0 Å². The minimum atomic E-state index is -4.13. The maximum absolute atomic E-state index is 14.7. The molecule has 0 N–H and O–H groups in total. The van der Waals surface area contributed by atoms with Crippen LogP contribution in [0.3, 0.4) is 0 Å². The Kier molecular flexibility index (Phi) is 8.09. The fourth-order valence-electron chi connectivity index (χ4n) is 3.66. The molecule has 0 radical (unpaired) electrons. The first kappa shape index (κ1) is 26.6. The molecule has 0 amide bonds. The summed E-state index contributed by atoms with van der Waals surface area (Å²) in [5, 5.41) is 0. The highest BCUT2D eigenvalue weighted by Gasteiger charge is 2.38. The molecule has 0 bridgehead atoms. The Morgan fingerprint density at radius 3 is 2.27 bits per heavy atom. The van der Waals surface area contributed by atoms with Crippen LogP contribution in [-0.2, 0) is 22.2 Å². The largest absolute Gasteiger partial charge is 0.486 e. The Balaban J connectivity index is 1.41. The molecule has 0 saturated carbocycles. The standard InChI is InChI=1S/C27H22F6O4/c1-2-3-17-14-35-26(36-15-17)18-5-7-20(22(29)11-18)27(32,33)37-19-6-9-25(24(31)12-19)34-13-16-4-8-21(28)23(30)10-16/h2-12,17,26H,13-15H2,1H3/b3-2+. The van der Waals surface area contributed by atoms with Crippen molar-refractivity contribution in [2.75, 3.05) is 13.2 Å². The normalized spacial score (nSPS) is 18.2. The Morgan fingerprint density at radius 2 is 1.62 bits per heavy atom. The number of hydrogen-bond donors (Lipinski definition) is 0. The third-order valence-electron chi connectivity index (χ3n) is 5.49. The summed E-state index contributed by atoms with van der Waals surface area (Å²) in [6.07, 6.45) is -1.26. The van der Waals surface area contributed by atoms with E-state index in [2.05, 4.69) is 4.74 Å². The van der Waals surface area contributed by atoms with Crippen molar-refractivity contribution in [1.29, 1.82) is 0 Å². The highest BCUT2D eigenvalue weighted by Crippen LogP contribution is 2.36. The van der Waals surface area contributed by atoms with Crippen molar-refractivity contribution in [3.05, 3.63) is 107 Å². The minimum Gasteiger partial charge on any atom is -0.486 e. The van der Waals surface area contributed by atoms with Crippen LogP contribution in [0.1, 0.15) is 29.9 Å². The first-order valence-corrected chi connectivity index (χ1v) is 11.3. The highest BCUT2D eigenvalue weighted by molar-refractivity contribution is 5.35. The van der Waals surface area contributed by atoms with Gasteiger partial charge in [-0.3, -0.25) is 0 Å². The lowest BCUT2D eigenvalue weighted by molar-refractivity contribution is -0.198. The van der Waals surface area contributed by atoms with Gasteiger partial charge in [0, 0.05) is 17.5 Å². The lowest BCUT2D eigenvalue weighted by atomic mass is 10.1. The number of allylic oxidation sites excluding steroid dienone is 1. The zero-order valence-corrected chi connectivity index (χ0v) is 19.5. The SMILES string of the molecule is C/C=C/C1COC(c2ccc(C(F)(F)Oc3ccc(OCc4ccc(F)c(F)c4)c(F)c3)c(F)c2)OC1. The first-order chi connectivity index (χ1) is 17.7. The van der Waals surface area contributed by atoms with E-state index in [9.17, 15) is 26.3 Å². The summed E-state index contributed by atoms with van der Waals surface area (Å²) in [4.78, 5) is 0. The second-order valence-corrected chi connectivity index (χ2v) is 8.27. The van der Waals surface area contributed by atoms with Crippen LogP contribution in [0.2, 0.25) is 0 Å². The average molecular weight is 524 g/mol. The van der Waals surface area contributed by atoms with Gasteiger partial charge in [0.2, 0.25) is 0 Å². The molecular formula is C27H22F6O4. The molecule has 37 heavy (non-hydrogen) atoms. The molecule has 0 aromatic heterocycles. The van der Waals surface area contributed by atoms with Gasteiger partial charge in [-0.1, -0.05) is 24.3 Å². The summed E-state index contributed by atoms with van der Waals surface area (Å²) in [5.74, 6) is -5.31. The minimum absolute atomic E-state index is 0.0474. The van der Waals surface area contributed by atoms with Crippen LogP contribution in [0.5, 0.6) is 11.5 Å². The van der Waals surface area contributed by atoms with E-state index in [1.54, 1.807) is 0 Å². The van der Waals surface area contributed by atoms with Gasteiger partial charge >= 0.3 is 6.11 Å². The van der Waals surface area contributed by atoms with E-state index in [0.29, 0.717) is 19.3 Å². The molecule has 4 nitrogen and oxygen atoms in total. The second kappa shape index (κ2) is 11.3. The number of ether oxygens (including phenoxy) is 4. The van der Waals surface area contributed by atoms with Gasteiger partial charge in [-0.05, 0) is 48.9 Å². The Labute approximate surface area is 209 Å². The fourth-order valence-corrected chi connectivity index (χ4v) is 3.66. The van der Waals surface area contributed by atoms with Gasteiger partial charge in [-0.15, -0.1) is 0 Å². The number of rotatable bonds is 8. The molecule has 3 aromatic carbocycles. The molecule has 196 valence electrons. The fraction of sp³-hybridized carbons (Fsp3) is 0.259. The molecule has 4 rings (SSSR count). The monoisotopic (exact) mass is 524 g/mol. The molecule has 1 saturated heterocycles. The lowest BCUT2D eigenvalue weighted by Crippen LogP contribution is -2.27. The van der Waals surface area contributed by atoms with Crippen molar-refractivity contribution in [2.24, 2.45) is 5.92 Å². The van der Waals surface area contributed by atoms with Crippen molar-refractivity contribution in [2.45, 2.75) is 25.9 Å². The van der Waals surface area contributed by atoms with E-state index in [1.807, 2.05) is 19.1 Å². The summed E-state index contributed by atoms with van der Waals surface area (Å²) in [6.45, 7) is 2.23. The van der Waals surface area contributed by atoms with Crippen LogP contribution in [0.4, 0.5) is 26.3 Å². The van der Waals surface area contributed by atoms with Crippen molar-refractivity contribution >= 4 is 0 Å². The van der Waals surface area contributed by atoms with Crippen LogP contribution >= 0.6 is 0 Å². The van der Waals surface area contributed by atoms with Gasteiger partial charge in [0.05, 0.1) is 18.8 Å². The lowest BCUT2D eigenvalue weighted by Gasteiger charge is -2.28. The molecule has 1 aliphatic heterocycles. The quantitative estimate of drug-likeness (QED) is 0.231. The molecule has 1 heterocycles. The third kappa shape index (κ3) is 6.44. The van der Waals surface area contributed by atoms with Crippen LogP contribution in [0, 0.1) is 29.2 Å². The average Bonchev–Trinajstić information content (AvgIpc) is 2.86. The van der Waals surface area contributed by atoms with Crippen molar-refractivity contribution in [3.8, 4) is 11.5 Å². The van der Waals surface area contributed by atoms with Gasteiger partial charge in [0.25, 0.3) is 0 Å². The molecule has 0 aliphatic carbocycles. The Morgan fingerprint density at radius 1 is 0.865 bits per heavy atom. The van der Waals surface area contributed by atoms with Gasteiger partial charge in [-0.2, -0.15) is 8.78 Å². The molecule has 0 spiro atoms. The Hall–Kier alpha value is -3.50. The van der Waals surface area contributed by atoms with E-state index in [0.717, 1.165) is 36.4 Å². The molecule has 10 heteroatoms. The molecule has 1 aliphatic rings. The van der Waals surface area contributed by atoms with Gasteiger partial charge in [0.15, 0.2) is 29.5 Å². The van der Waals surface area contributed by atoms with Crippen molar-refractivity contribution in [3.63, 3.8) is 0 Å². The highest BCUT2D eigenvalue weighted by atomic mass is 19.3. The third-order valence-corrected chi connectivity index (χ3v) is 5.49. The van der Waals surface area contributed by atoms with E-state index in [4.69, 9.17) is 14.2 Å². The smallest absolute Gasteiger partial charge is 0.429 e. The van der Waals surface area contributed by atoms with Crippen LogP contribution in [-0.4, -0.2) is 13.2 Å². The molecule has 1 fully saturated rings. The van der Waals surface area contributed by atoms with E-state index in [1.165, 1.54) is 12.1 Å². The van der Waals surface area contributed by atoms with Crippen LogP contribution in [0.25, 0.3) is 0 Å². The summed E-state index contributed by atoms with van der Waals surface area (Å²) < 4.78 is 106. The van der Waals surface area contributed by atoms with E-state index in [-0.39, 0.29) is 29.4 Å². The molecule has 0 atom stereocenters. The Bertz CT molecular complexity index is 1270. The number of halogens is 6. The zero-order valence-electron chi connectivity index (χ0n) is 19.5. The van der Waals surface area contributed by atoms with Crippen LogP contribution in [0.15, 0.2) is 66.7 Å². The topological polar surface area (TPSA) is 36.9 Å². The first-order valence-electron chi connectivity index (χ1n) is 11.3. The van der Waals surface area contributed by atoms with Crippen molar-refractivity contribution < 1.29 is 45.3 Å². The molecule has 0 unspecified atom stereocenters. The summed E-state index contributed by atoms with van der Waals surface area (Å²) in [5.41, 5.74) is -0.604. The second-order valence-electron chi connectivity index (χ2n) is 8.27. The van der Waals surface area contributed by atoms with Gasteiger partial charge in [0.1, 0.15) is 18.2 Å². The number of benzene rings is 3. The number of hydrogen-bond acceptors (Lipinski definition) is 4. The van der Waals surface area contributed by atoms with E-state index < -0.39 is 47.0 Å². The van der Waals surface area contributed by atoms with Gasteiger partial charge in [-0.25, -0.2) is 17.6 Å².